The van der Waals surface area contributed by atoms with Gasteiger partial charge in [-0.05, 0) is 30.2 Å². The van der Waals surface area contributed by atoms with Crippen LogP contribution in [0.2, 0.25) is 0 Å². The lowest BCUT2D eigenvalue weighted by atomic mass is 10.0. The molecule has 0 spiro atoms. The Hall–Kier alpha value is -2.39. The summed E-state index contributed by atoms with van der Waals surface area (Å²) >= 11 is 1.47. The third kappa shape index (κ3) is 2.81. The number of allylic oxidation sites excluding steroid dienone is 1. The third-order valence-corrected chi connectivity index (χ3v) is 4.47. The van der Waals surface area contributed by atoms with E-state index < -0.39 is 0 Å². The van der Waals surface area contributed by atoms with E-state index in [1.165, 1.54) is 11.3 Å². The van der Waals surface area contributed by atoms with E-state index in [2.05, 4.69) is 19.1 Å². The zero-order valence-corrected chi connectivity index (χ0v) is 13.1. The van der Waals surface area contributed by atoms with Crippen molar-refractivity contribution in [1.29, 1.82) is 0 Å². The SMILES string of the molecule is CC/C=C/c1ccc(C(=O)c2csc3cc(O)ccc23)cc1. The number of fused-ring (bicyclic) bond motifs is 1. The second-order valence-electron chi connectivity index (χ2n) is 5.09. The van der Waals surface area contributed by atoms with Crippen molar-refractivity contribution >= 4 is 33.3 Å². The molecule has 22 heavy (non-hydrogen) atoms. The summed E-state index contributed by atoms with van der Waals surface area (Å²) in [5, 5.41) is 12.3. The lowest BCUT2D eigenvalue weighted by Crippen LogP contribution is -1.99. The smallest absolute Gasteiger partial charge is 0.194 e. The highest BCUT2D eigenvalue weighted by molar-refractivity contribution is 7.17. The van der Waals surface area contributed by atoms with E-state index in [1.54, 1.807) is 18.2 Å². The van der Waals surface area contributed by atoms with Gasteiger partial charge in [0, 0.05) is 26.6 Å². The van der Waals surface area contributed by atoms with Gasteiger partial charge in [0.05, 0.1) is 0 Å². The summed E-state index contributed by atoms with van der Waals surface area (Å²) in [5.74, 6) is 0.239. The number of carbonyl (C=O) groups excluding carboxylic acids is 1. The highest BCUT2D eigenvalue weighted by Crippen LogP contribution is 2.30. The number of carbonyl (C=O) groups is 1. The second kappa shape index (κ2) is 6.16. The third-order valence-electron chi connectivity index (χ3n) is 3.52. The molecule has 2 aromatic carbocycles. The maximum atomic E-state index is 12.7. The van der Waals surface area contributed by atoms with Crippen molar-refractivity contribution in [3.05, 3.63) is 70.6 Å². The van der Waals surface area contributed by atoms with Crippen LogP contribution < -0.4 is 0 Å². The molecule has 0 saturated heterocycles. The predicted molar refractivity (Wildman–Crippen MR) is 92.7 cm³/mol. The lowest BCUT2D eigenvalue weighted by Gasteiger charge is -2.01. The molecule has 0 aliphatic heterocycles. The van der Waals surface area contributed by atoms with Crippen LogP contribution in [0.4, 0.5) is 0 Å². The molecule has 0 amide bonds. The van der Waals surface area contributed by atoms with Gasteiger partial charge < -0.3 is 5.11 Å². The zero-order chi connectivity index (χ0) is 15.5. The van der Waals surface area contributed by atoms with Crippen LogP contribution in [0, 0.1) is 0 Å². The van der Waals surface area contributed by atoms with Gasteiger partial charge in [-0.2, -0.15) is 0 Å². The number of aromatic hydroxyl groups is 1. The Balaban J connectivity index is 1.94. The first-order valence-electron chi connectivity index (χ1n) is 7.20. The van der Waals surface area contributed by atoms with Crippen molar-refractivity contribution < 1.29 is 9.90 Å². The molecule has 0 saturated carbocycles. The zero-order valence-electron chi connectivity index (χ0n) is 12.2. The average molecular weight is 308 g/mol. The molecule has 1 heterocycles. The quantitative estimate of drug-likeness (QED) is 0.667. The van der Waals surface area contributed by atoms with E-state index in [0.717, 1.165) is 22.1 Å². The second-order valence-corrected chi connectivity index (χ2v) is 6.00. The molecule has 0 fully saturated rings. The van der Waals surface area contributed by atoms with Gasteiger partial charge in [0.1, 0.15) is 5.75 Å². The summed E-state index contributed by atoms with van der Waals surface area (Å²) in [7, 11) is 0. The summed E-state index contributed by atoms with van der Waals surface area (Å²) in [6, 6.07) is 12.7. The molecule has 1 aromatic heterocycles. The molecule has 0 unspecified atom stereocenters. The Morgan fingerprint density at radius 3 is 2.68 bits per heavy atom. The molecular weight excluding hydrogens is 292 g/mol. The van der Waals surface area contributed by atoms with E-state index >= 15 is 0 Å². The van der Waals surface area contributed by atoms with Gasteiger partial charge in [-0.1, -0.05) is 43.3 Å². The molecule has 110 valence electrons. The molecule has 0 bridgehead atoms. The van der Waals surface area contributed by atoms with Crippen LogP contribution in [0.5, 0.6) is 5.75 Å². The molecule has 0 radical (unpaired) electrons. The van der Waals surface area contributed by atoms with Gasteiger partial charge in [0.2, 0.25) is 0 Å². The van der Waals surface area contributed by atoms with Crippen molar-refractivity contribution in [1.82, 2.24) is 0 Å². The summed E-state index contributed by atoms with van der Waals surface area (Å²) in [6.07, 6.45) is 5.14. The van der Waals surface area contributed by atoms with Crippen molar-refractivity contribution in [2.45, 2.75) is 13.3 Å². The van der Waals surface area contributed by atoms with Crippen LogP contribution in [-0.4, -0.2) is 10.9 Å². The standard InChI is InChI=1S/C19H16O2S/c1-2-3-4-13-5-7-14(8-6-13)19(21)17-12-22-18-11-15(20)9-10-16(17)18/h3-12,20H,2H2,1H3/b4-3+. The van der Waals surface area contributed by atoms with E-state index in [4.69, 9.17) is 0 Å². The monoisotopic (exact) mass is 308 g/mol. The topological polar surface area (TPSA) is 37.3 Å². The fourth-order valence-electron chi connectivity index (χ4n) is 2.35. The predicted octanol–water partition coefficient (Wildman–Crippen LogP) is 5.26. The first-order chi connectivity index (χ1) is 10.7. The fraction of sp³-hybridized carbons (Fsp3) is 0.105. The lowest BCUT2D eigenvalue weighted by molar-refractivity contribution is 0.104. The number of ketones is 1. The van der Waals surface area contributed by atoms with Gasteiger partial charge in [0.25, 0.3) is 0 Å². The number of thiophene rings is 1. The van der Waals surface area contributed by atoms with Crippen LogP contribution >= 0.6 is 11.3 Å². The molecule has 3 rings (SSSR count). The molecule has 3 heteroatoms. The minimum absolute atomic E-state index is 0.0166. The maximum Gasteiger partial charge on any atom is 0.194 e. The molecule has 2 nitrogen and oxygen atoms in total. The number of phenols is 1. The highest BCUT2D eigenvalue weighted by Gasteiger charge is 2.14. The summed E-state index contributed by atoms with van der Waals surface area (Å²) < 4.78 is 0.922. The van der Waals surface area contributed by atoms with E-state index in [1.807, 2.05) is 29.6 Å². The number of phenolic OH excluding ortho intramolecular Hbond substituents is 1. The minimum Gasteiger partial charge on any atom is -0.508 e. The van der Waals surface area contributed by atoms with Crippen LogP contribution in [-0.2, 0) is 0 Å². The maximum absolute atomic E-state index is 12.7. The molecule has 3 aromatic rings. The van der Waals surface area contributed by atoms with Crippen LogP contribution in [0.3, 0.4) is 0 Å². The Bertz CT molecular complexity index is 842. The Labute approximate surface area is 133 Å². The van der Waals surface area contributed by atoms with Crippen molar-refractivity contribution in [3.8, 4) is 5.75 Å². The number of rotatable bonds is 4. The molecule has 0 aliphatic rings. The number of benzene rings is 2. The Morgan fingerprint density at radius 1 is 1.18 bits per heavy atom. The first-order valence-corrected chi connectivity index (χ1v) is 8.08. The van der Waals surface area contributed by atoms with E-state index in [-0.39, 0.29) is 11.5 Å². The Kier molecular flexibility index (Phi) is 4.07. The van der Waals surface area contributed by atoms with Crippen LogP contribution in [0.15, 0.2) is 53.9 Å². The number of hydrogen-bond donors (Lipinski definition) is 1. The largest absolute Gasteiger partial charge is 0.508 e. The van der Waals surface area contributed by atoms with Crippen molar-refractivity contribution in [3.63, 3.8) is 0 Å². The van der Waals surface area contributed by atoms with Gasteiger partial charge in [-0.25, -0.2) is 0 Å². The Morgan fingerprint density at radius 2 is 1.95 bits per heavy atom. The fourth-order valence-corrected chi connectivity index (χ4v) is 3.32. The normalized spacial score (nSPS) is 11.3. The summed E-state index contributed by atoms with van der Waals surface area (Å²) in [5.41, 5.74) is 2.47. The van der Waals surface area contributed by atoms with Gasteiger partial charge in [-0.3, -0.25) is 4.79 Å². The van der Waals surface area contributed by atoms with E-state index in [9.17, 15) is 9.90 Å². The van der Waals surface area contributed by atoms with Gasteiger partial charge in [0.15, 0.2) is 5.78 Å². The molecule has 1 N–H and O–H groups in total. The molecular formula is C19H16O2S. The average Bonchev–Trinajstić information content (AvgIpc) is 2.95. The summed E-state index contributed by atoms with van der Waals surface area (Å²) in [6.45, 7) is 2.09. The van der Waals surface area contributed by atoms with Gasteiger partial charge >= 0.3 is 0 Å². The number of hydrogen-bond acceptors (Lipinski definition) is 3. The van der Waals surface area contributed by atoms with Gasteiger partial charge in [-0.15, -0.1) is 11.3 Å². The summed E-state index contributed by atoms with van der Waals surface area (Å²) in [4.78, 5) is 12.7. The highest BCUT2D eigenvalue weighted by atomic mass is 32.1. The van der Waals surface area contributed by atoms with Crippen LogP contribution in [0.1, 0.15) is 34.8 Å². The van der Waals surface area contributed by atoms with Crippen molar-refractivity contribution in [2.75, 3.05) is 0 Å². The minimum atomic E-state index is 0.0166. The van der Waals surface area contributed by atoms with E-state index in [0.29, 0.717) is 11.1 Å². The molecule has 0 aliphatic carbocycles. The van der Waals surface area contributed by atoms with Crippen LogP contribution in [0.25, 0.3) is 16.2 Å². The van der Waals surface area contributed by atoms with Crippen molar-refractivity contribution in [2.24, 2.45) is 0 Å². The first kappa shape index (κ1) is 14.5. The molecule has 0 atom stereocenters.